The first-order valence-corrected chi connectivity index (χ1v) is 11.4. The molecule has 1 aromatic carbocycles. The molecule has 0 saturated heterocycles. The van der Waals surface area contributed by atoms with Crippen LogP contribution in [0, 0.1) is 23.2 Å². The third-order valence-electron chi connectivity index (χ3n) is 7.78. The number of rotatable bonds is 8. The van der Waals surface area contributed by atoms with Gasteiger partial charge in [0.2, 0.25) is 5.91 Å². The molecule has 1 atom stereocenters. The molecule has 3 heteroatoms. The lowest BCUT2D eigenvalue weighted by molar-refractivity contribution is -0.125. The van der Waals surface area contributed by atoms with Gasteiger partial charge in [0.15, 0.2) is 5.78 Å². The van der Waals surface area contributed by atoms with Crippen molar-refractivity contribution in [3.8, 4) is 0 Å². The van der Waals surface area contributed by atoms with Crippen molar-refractivity contribution in [2.45, 2.75) is 84.1 Å². The highest BCUT2D eigenvalue weighted by molar-refractivity contribution is 5.98. The van der Waals surface area contributed by atoms with Crippen LogP contribution < -0.4 is 5.32 Å². The van der Waals surface area contributed by atoms with E-state index < -0.39 is 0 Å². The SMILES string of the molecule is CCCc1ccc(C(=O)CCC(=O)N[C@@H](C)C23CC4CC(CC(C4)C2)C3)cc1. The molecule has 0 spiro atoms. The van der Waals surface area contributed by atoms with Crippen LogP contribution in [0.15, 0.2) is 24.3 Å². The average Bonchev–Trinajstić information content (AvgIpc) is 2.66. The van der Waals surface area contributed by atoms with Crippen LogP contribution in [0.4, 0.5) is 0 Å². The molecule has 4 saturated carbocycles. The molecule has 0 aromatic heterocycles. The summed E-state index contributed by atoms with van der Waals surface area (Å²) in [5, 5.41) is 3.28. The standard InChI is InChI=1S/C25H35NO2/c1-3-4-18-5-7-22(8-6-18)23(27)9-10-24(28)26-17(2)25-14-19-11-20(15-25)13-21(12-19)16-25/h5-8,17,19-21H,3-4,9-16H2,1-2H3,(H,26,28)/t17-,19?,20?,21?,25?/m0/s1. The lowest BCUT2D eigenvalue weighted by atomic mass is 9.48. The van der Waals surface area contributed by atoms with Gasteiger partial charge in [-0.1, -0.05) is 37.6 Å². The van der Waals surface area contributed by atoms with Crippen LogP contribution in [-0.4, -0.2) is 17.7 Å². The second-order valence-electron chi connectivity index (χ2n) is 9.94. The molecule has 1 amide bonds. The van der Waals surface area contributed by atoms with E-state index in [1.807, 2.05) is 24.3 Å². The minimum atomic E-state index is 0.0409. The van der Waals surface area contributed by atoms with Gasteiger partial charge < -0.3 is 5.32 Å². The van der Waals surface area contributed by atoms with Crippen molar-refractivity contribution in [3.05, 3.63) is 35.4 Å². The Morgan fingerprint density at radius 1 is 1.00 bits per heavy atom. The maximum absolute atomic E-state index is 12.6. The Labute approximate surface area is 169 Å². The molecule has 5 rings (SSSR count). The molecule has 152 valence electrons. The summed E-state index contributed by atoms with van der Waals surface area (Å²) in [6, 6.07) is 8.11. The maximum Gasteiger partial charge on any atom is 0.220 e. The van der Waals surface area contributed by atoms with E-state index >= 15 is 0 Å². The van der Waals surface area contributed by atoms with Gasteiger partial charge in [-0.05, 0) is 80.6 Å². The average molecular weight is 382 g/mol. The van der Waals surface area contributed by atoms with Crippen molar-refractivity contribution < 1.29 is 9.59 Å². The van der Waals surface area contributed by atoms with Gasteiger partial charge in [0.1, 0.15) is 0 Å². The molecule has 3 nitrogen and oxygen atoms in total. The molecule has 0 aliphatic heterocycles. The molecule has 0 heterocycles. The zero-order chi connectivity index (χ0) is 19.7. The third kappa shape index (κ3) is 4.04. The lowest BCUT2D eigenvalue weighted by Gasteiger charge is -2.59. The van der Waals surface area contributed by atoms with Gasteiger partial charge in [-0.25, -0.2) is 0 Å². The fourth-order valence-corrected chi connectivity index (χ4v) is 6.69. The van der Waals surface area contributed by atoms with Crippen LogP contribution in [0.25, 0.3) is 0 Å². The first kappa shape index (κ1) is 19.7. The summed E-state index contributed by atoms with van der Waals surface area (Å²) >= 11 is 0. The first-order valence-electron chi connectivity index (χ1n) is 11.4. The maximum atomic E-state index is 12.6. The van der Waals surface area contributed by atoms with Crippen molar-refractivity contribution in [3.63, 3.8) is 0 Å². The minimum absolute atomic E-state index is 0.0409. The van der Waals surface area contributed by atoms with Crippen molar-refractivity contribution >= 4 is 11.7 Å². The molecule has 1 N–H and O–H groups in total. The second-order valence-corrected chi connectivity index (χ2v) is 9.94. The van der Waals surface area contributed by atoms with Crippen molar-refractivity contribution in [1.82, 2.24) is 5.32 Å². The Morgan fingerprint density at radius 2 is 1.57 bits per heavy atom. The summed E-state index contributed by atoms with van der Waals surface area (Å²) in [6.07, 6.45) is 10.9. The molecular weight excluding hydrogens is 346 g/mol. The van der Waals surface area contributed by atoms with Crippen LogP contribution in [0.3, 0.4) is 0 Å². The Hall–Kier alpha value is -1.64. The zero-order valence-corrected chi connectivity index (χ0v) is 17.5. The minimum Gasteiger partial charge on any atom is -0.353 e. The predicted octanol–water partition coefficient (Wildman–Crippen LogP) is 5.32. The van der Waals surface area contributed by atoms with Gasteiger partial charge in [-0.2, -0.15) is 0 Å². The van der Waals surface area contributed by atoms with Crippen LogP contribution in [0.2, 0.25) is 0 Å². The summed E-state index contributed by atoms with van der Waals surface area (Å²) in [5.74, 6) is 2.79. The number of hydrogen-bond acceptors (Lipinski definition) is 2. The van der Waals surface area contributed by atoms with E-state index in [1.165, 1.54) is 44.1 Å². The Balaban J connectivity index is 1.28. The smallest absolute Gasteiger partial charge is 0.220 e. The number of carbonyl (C=O) groups excluding carboxylic acids is 2. The van der Waals surface area contributed by atoms with E-state index in [2.05, 4.69) is 19.2 Å². The van der Waals surface area contributed by atoms with Gasteiger partial charge in [0, 0.05) is 24.4 Å². The summed E-state index contributed by atoms with van der Waals surface area (Å²) in [5.41, 5.74) is 2.31. The van der Waals surface area contributed by atoms with E-state index in [4.69, 9.17) is 0 Å². The summed E-state index contributed by atoms with van der Waals surface area (Å²) in [6.45, 7) is 4.36. The molecule has 0 radical (unpaired) electrons. The number of nitrogens with one attached hydrogen (secondary N) is 1. The van der Waals surface area contributed by atoms with E-state index in [9.17, 15) is 9.59 Å². The predicted molar refractivity (Wildman–Crippen MR) is 112 cm³/mol. The lowest BCUT2D eigenvalue weighted by Crippen LogP contribution is -2.55. The number of amides is 1. The Kier molecular flexibility index (Phi) is 5.62. The molecule has 4 fully saturated rings. The largest absolute Gasteiger partial charge is 0.353 e. The van der Waals surface area contributed by atoms with Gasteiger partial charge in [-0.15, -0.1) is 0 Å². The van der Waals surface area contributed by atoms with Crippen LogP contribution in [-0.2, 0) is 11.2 Å². The first-order chi connectivity index (χ1) is 13.5. The summed E-state index contributed by atoms with van der Waals surface area (Å²) < 4.78 is 0. The number of aryl methyl sites for hydroxylation is 1. The fraction of sp³-hybridized carbons (Fsp3) is 0.680. The van der Waals surface area contributed by atoms with Gasteiger partial charge in [-0.3, -0.25) is 9.59 Å². The molecule has 28 heavy (non-hydrogen) atoms. The van der Waals surface area contributed by atoms with Gasteiger partial charge in [0.25, 0.3) is 0 Å². The zero-order valence-electron chi connectivity index (χ0n) is 17.5. The molecule has 4 bridgehead atoms. The molecule has 4 aliphatic carbocycles. The number of hydrogen-bond donors (Lipinski definition) is 1. The van der Waals surface area contributed by atoms with Crippen molar-refractivity contribution in [1.29, 1.82) is 0 Å². The monoisotopic (exact) mass is 381 g/mol. The summed E-state index contributed by atoms with van der Waals surface area (Å²) in [7, 11) is 0. The summed E-state index contributed by atoms with van der Waals surface area (Å²) in [4.78, 5) is 25.0. The molecule has 1 aromatic rings. The highest BCUT2D eigenvalue weighted by atomic mass is 16.2. The number of benzene rings is 1. The van der Waals surface area contributed by atoms with Crippen LogP contribution in [0.5, 0.6) is 0 Å². The van der Waals surface area contributed by atoms with Crippen molar-refractivity contribution in [2.24, 2.45) is 23.2 Å². The molecular formula is C25H35NO2. The number of carbonyl (C=O) groups is 2. The van der Waals surface area contributed by atoms with E-state index in [-0.39, 0.29) is 17.7 Å². The highest BCUT2D eigenvalue weighted by Crippen LogP contribution is 2.61. The van der Waals surface area contributed by atoms with Gasteiger partial charge >= 0.3 is 0 Å². The number of ketones is 1. The van der Waals surface area contributed by atoms with Crippen LogP contribution >= 0.6 is 0 Å². The third-order valence-corrected chi connectivity index (χ3v) is 7.78. The van der Waals surface area contributed by atoms with Gasteiger partial charge in [0.05, 0.1) is 0 Å². The molecule has 0 unspecified atom stereocenters. The molecule has 4 aliphatic rings. The van der Waals surface area contributed by atoms with E-state index in [0.29, 0.717) is 18.3 Å². The normalized spacial score (nSPS) is 31.6. The van der Waals surface area contributed by atoms with Crippen LogP contribution in [0.1, 0.15) is 87.6 Å². The van der Waals surface area contributed by atoms with Crippen molar-refractivity contribution in [2.75, 3.05) is 0 Å². The Bertz CT molecular complexity index is 685. The van der Waals surface area contributed by atoms with E-state index in [0.717, 1.165) is 36.2 Å². The second kappa shape index (κ2) is 8.00. The Morgan fingerprint density at radius 3 is 2.11 bits per heavy atom. The fourth-order valence-electron chi connectivity index (χ4n) is 6.69. The topological polar surface area (TPSA) is 46.2 Å². The quantitative estimate of drug-likeness (QED) is 0.619. The highest BCUT2D eigenvalue weighted by Gasteiger charge is 2.53. The van der Waals surface area contributed by atoms with E-state index in [1.54, 1.807) is 0 Å². The number of Topliss-reactive ketones (excluding diaryl/α,β-unsaturated/α-hetero) is 1.